The monoisotopic (exact) mass is 224 g/mol. The molecule has 0 bridgehead atoms. The summed E-state index contributed by atoms with van der Waals surface area (Å²) in [6.07, 6.45) is 0. The second-order valence-electron chi connectivity index (χ2n) is 4.19. The van der Waals surface area contributed by atoms with Crippen LogP contribution in [0.4, 0.5) is 0 Å². The number of aryl methyl sites for hydroxylation is 2. The van der Waals surface area contributed by atoms with Crippen molar-refractivity contribution in [3.05, 3.63) is 23.5 Å². The van der Waals surface area contributed by atoms with Crippen LogP contribution in [0.5, 0.6) is 0 Å². The molecular weight excluding hydrogens is 200 g/mol. The lowest BCUT2D eigenvalue weighted by Crippen LogP contribution is -2.36. The van der Waals surface area contributed by atoms with Crippen LogP contribution in [0.1, 0.15) is 11.4 Å². The highest BCUT2D eigenvalue weighted by molar-refractivity contribution is 5.13. The van der Waals surface area contributed by atoms with E-state index in [2.05, 4.69) is 35.4 Å². The third kappa shape index (κ3) is 3.63. The Bertz CT molecular complexity index is 280. The summed E-state index contributed by atoms with van der Waals surface area (Å²) in [5, 5.41) is 0. The quantitative estimate of drug-likeness (QED) is 0.701. The molecule has 0 spiro atoms. The van der Waals surface area contributed by atoms with Crippen molar-refractivity contribution in [1.29, 1.82) is 0 Å². The van der Waals surface area contributed by atoms with E-state index in [4.69, 9.17) is 11.5 Å². The van der Waals surface area contributed by atoms with Gasteiger partial charge in [-0.2, -0.15) is 0 Å². The Morgan fingerprint density at radius 3 is 1.94 bits per heavy atom. The van der Waals surface area contributed by atoms with Gasteiger partial charge in [-0.3, -0.25) is 4.90 Å². The minimum atomic E-state index is 0.698. The van der Waals surface area contributed by atoms with Gasteiger partial charge in [-0.25, -0.2) is 0 Å². The van der Waals surface area contributed by atoms with Crippen LogP contribution in [0.15, 0.2) is 12.1 Å². The van der Waals surface area contributed by atoms with Gasteiger partial charge in [0.1, 0.15) is 0 Å². The minimum Gasteiger partial charge on any atom is -0.348 e. The number of nitrogens with two attached hydrogens (primary N) is 2. The van der Waals surface area contributed by atoms with Crippen LogP contribution in [0.3, 0.4) is 0 Å². The Hall–Kier alpha value is -0.840. The molecule has 0 amide bonds. The van der Waals surface area contributed by atoms with E-state index >= 15 is 0 Å². The molecule has 0 aromatic carbocycles. The van der Waals surface area contributed by atoms with E-state index in [-0.39, 0.29) is 0 Å². The lowest BCUT2D eigenvalue weighted by Gasteiger charge is -2.22. The van der Waals surface area contributed by atoms with Crippen LogP contribution in [-0.4, -0.2) is 42.2 Å². The van der Waals surface area contributed by atoms with Crippen LogP contribution in [0.25, 0.3) is 0 Å². The Balaban J connectivity index is 2.48. The normalized spacial score (nSPS) is 11.3. The van der Waals surface area contributed by atoms with Gasteiger partial charge in [0.25, 0.3) is 0 Å². The molecule has 0 aliphatic rings. The van der Waals surface area contributed by atoms with Gasteiger partial charge in [-0.05, 0) is 26.0 Å². The number of hydrogen-bond donors (Lipinski definition) is 2. The van der Waals surface area contributed by atoms with Crippen LogP contribution in [0.2, 0.25) is 0 Å². The summed E-state index contributed by atoms with van der Waals surface area (Å²) in [7, 11) is 0. The highest BCUT2D eigenvalue weighted by Gasteiger charge is 2.05. The summed E-state index contributed by atoms with van der Waals surface area (Å²) in [5.41, 5.74) is 13.8. The summed E-state index contributed by atoms with van der Waals surface area (Å²) in [6.45, 7) is 9.57. The maximum absolute atomic E-state index is 5.58. The SMILES string of the molecule is Cc1ccc(C)n1CCN(CCN)CCN. The van der Waals surface area contributed by atoms with E-state index in [9.17, 15) is 0 Å². The second kappa shape index (κ2) is 6.68. The molecule has 92 valence electrons. The number of aromatic nitrogens is 1. The molecule has 0 aliphatic carbocycles. The molecule has 0 atom stereocenters. The maximum Gasteiger partial charge on any atom is 0.0352 e. The average molecular weight is 224 g/mol. The molecule has 1 rings (SSSR count). The molecule has 4 heteroatoms. The van der Waals surface area contributed by atoms with Crippen molar-refractivity contribution in [2.24, 2.45) is 11.5 Å². The Kier molecular flexibility index (Phi) is 5.52. The van der Waals surface area contributed by atoms with Gasteiger partial charge in [0.15, 0.2) is 0 Å². The second-order valence-corrected chi connectivity index (χ2v) is 4.19. The number of nitrogens with zero attached hydrogens (tertiary/aromatic N) is 2. The van der Waals surface area contributed by atoms with E-state index in [1.165, 1.54) is 11.4 Å². The summed E-state index contributed by atoms with van der Waals surface area (Å²) in [6, 6.07) is 4.32. The van der Waals surface area contributed by atoms with Gasteiger partial charge in [-0.1, -0.05) is 0 Å². The fraction of sp³-hybridized carbons (Fsp3) is 0.667. The first-order valence-electron chi connectivity index (χ1n) is 5.94. The fourth-order valence-electron chi connectivity index (χ4n) is 1.99. The third-order valence-corrected chi connectivity index (χ3v) is 2.95. The zero-order valence-corrected chi connectivity index (χ0v) is 10.4. The standard InChI is InChI=1S/C12H24N4/c1-11-3-4-12(2)16(11)10-9-15(7-5-13)8-6-14/h3-4H,5-10,13-14H2,1-2H3. The topological polar surface area (TPSA) is 60.2 Å². The van der Waals surface area contributed by atoms with Gasteiger partial charge in [-0.15, -0.1) is 0 Å². The molecule has 1 aromatic rings. The third-order valence-electron chi connectivity index (χ3n) is 2.95. The Morgan fingerprint density at radius 1 is 1.00 bits per heavy atom. The van der Waals surface area contributed by atoms with E-state index in [1.54, 1.807) is 0 Å². The lowest BCUT2D eigenvalue weighted by molar-refractivity contribution is 0.275. The van der Waals surface area contributed by atoms with Crippen molar-refractivity contribution in [3.8, 4) is 0 Å². The summed E-state index contributed by atoms with van der Waals surface area (Å²) < 4.78 is 2.33. The first kappa shape index (κ1) is 13.2. The zero-order chi connectivity index (χ0) is 12.0. The van der Waals surface area contributed by atoms with Gasteiger partial charge in [0.05, 0.1) is 0 Å². The van der Waals surface area contributed by atoms with Crippen molar-refractivity contribution in [1.82, 2.24) is 9.47 Å². The lowest BCUT2D eigenvalue weighted by atomic mass is 10.4. The van der Waals surface area contributed by atoms with Crippen molar-refractivity contribution in [3.63, 3.8) is 0 Å². The summed E-state index contributed by atoms with van der Waals surface area (Å²) in [4.78, 5) is 2.32. The highest BCUT2D eigenvalue weighted by atomic mass is 15.2. The number of hydrogen-bond acceptors (Lipinski definition) is 3. The van der Waals surface area contributed by atoms with E-state index in [0.717, 1.165) is 26.2 Å². The number of rotatable bonds is 7. The van der Waals surface area contributed by atoms with Crippen LogP contribution in [0, 0.1) is 13.8 Å². The minimum absolute atomic E-state index is 0.698. The van der Waals surface area contributed by atoms with E-state index < -0.39 is 0 Å². The van der Waals surface area contributed by atoms with Gasteiger partial charge in [0, 0.05) is 50.7 Å². The fourth-order valence-corrected chi connectivity index (χ4v) is 1.99. The first-order valence-corrected chi connectivity index (χ1v) is 5.94. The molecule has 1 heterocycles. The first-order chi connectivity index (χ1) is 7.69. The molecule has 4 nitrogen and oxygen atoms in total. The van der Waals surface area contributed by atoms with Crippen molar-refractivity contribution < 1.29 is 0 Å². The van der Waals surface area contributed by atoms with Crippen LogP contribution < -0.4 is 11.5 Å². The predicted molar refractivity (Wildman–Crippen MR) is 68.5 cm³/mol. The molecule has 0 saturated carbocycles. The van der Waals surface area contributed by atoms with Gasteiger partial charge in [0.2, 0.25) is 0 Å². The highest BCUT2D eigenvalue weighted by Crippen LogP contribution is 2.06. The van der Waals surface area contributed by atoms with Crippen LogP contribution >= 0.6 is 0 Å². The smallest absolute Gasteiger partial charge is 0.0352 e. The van der Waals surface area contributed by atoms with E-state index in [1.807, 2.05) is 0 Å². The van der Waals surface area contributed by atoms with Crippen LogP contribution in [-0.2, 0) is 6.54 Å². The molecule has 0 aliphatic heterocycles. The van der Waals surface area contributed by atoms with Crippen molar-refractivity contribution >= 4 is 0 Å². The molecule has 0 unspecified atom stereocenters. The molecule has 16 heavy (non-hydrogen) atoms. The Labute approximate surface area is 98.2 Å². The predicted octanol–water partition coefficient (Wildman–Crippen LogP) is 0.324. The van der Waals surface area contributed by atoms with Crippen molar-refractivity contribution in [2.75, 3.05) is 32.7 Å². The van der Waals surface area contributed by atoms with Gasteiger partial charge < -0.3 is 16.0 Å². The average Bonchev–Trinajstić information content (AvgIpc) is 2.56. The van der Waals surface area contributed by atoms with Crippen molar-refractivity contribution in [2.45, 2.75) is 20.4 Å². The molecule has 0 saturated heterocycles. The maximum atomic E-state index is 5.58. The molecule has 4 N–H and O–H groups in total. The largest absolute Gasteiger partial charge is 0.348 e. The molecular formula is C12H24N4. The molecule has 0 radical (unpaired) electrons. The summed E-state index contributed by atoms with van der Waals surface area (Å²) >= 11 is 0. The summed E-state index contributed by atoms with van der Waals surface area (Å²) in [5.74, 6) is 0. The zero-order valence-electron chi connectivity index (χ0n) is 10.4. The van der Waals surface area contributed by atoms with E-state index in [0.29, 0.717) is 13.1 Å². The molecule has 1 aromatic heterocycles. The molecule has 0 fully saturated rings. The Morgan fingerprint density at radius 2 is 1.50 bits per heavy atom. The van der Waals surface area contributed by atoms with Gasteiger partial charge >= 0.3 is 0 Å².